The molecule has 2 aromatic heterocycles. The van der Waals surface area contributed by atoms with Gasteiger partial charge in [0.15, 0.2) is 5.82 Å². The van der Waals surface area contributed by atoms with Gasteiger partial charge in [-0.2, -0.15) is 5.10 Å². The van der Waals surface area contributed by atoms with Gasteiger partial charge < -0.3 is 10.3 Å². The third-order valence-electron chi connectivity index (χ3n) is 2.91. The molecule has 20 heavy (non-hydrogen) atoms. The summed E-state index contributed by atoms with van der Waals surface area (Å²) in [6.07, 6.45) is 3.37. The summed E-state index contributed by atoms with van der Waals surface area (Å²) in [4.78, 5) is 4.18. The maximum absolute atomic E-state index is 13.4. The van der Waals surface area contributed by atoms with Crippen LogP contribution in [0.1, 0.15) is 0 Å². The molecule has 0 unspecified atom stereocenters. The number of imidazole rings is 1. The maximum Gasteiger partial charge on any atom is 0.153 e. The molecule has 0 radical (unpaired) electrons. The average Bonchev–Trinajstić information content (AvgIpc) is 2.94. The molecule has 3 rings (SSSR count). The van der Waals surface area contributed by atoms with Crippen molar-refractivity contribution in [3.8, 4) is 22.5 Å². The fourth-order valence-corrected chi connectivity index (χ4v) is 2.07. The number of nitrogens with zero attached hydrogens (tertiary/aromatic N) is 3. The Kier molecular flexibility index (Phi) is 2.74. The Morgan fingerprint density at radius 3 is 2.50 bits per heavy atom. The van der Waals surface area contributed by atoms with E-state index in [0.717, 1.165) is 6.07 Å². The van der Waals surface area contributed by atoms with Gasteiger partial charge in [0.05, 0.1) is 17.6 Å². The lowest BCUT2D eigenvalue weighted by molar-refractivity contribution is 0.584. The molecule has 2 heterocycles. The Morgan fingerprint density at radius 1 is 1.20 bits per heavy atom. The van der Waals surface area contributed by atoms with Crippen LogP contribution in [-0.2, 0) is 7.05 Å². The quantitative estimate of drug-likeness (QED) is 0.754. The normalized spacial score (nSPS) is 10.9. The number of aryl methyl sites for hydroxylation is 1. The van der Waals surface area contributed by atoms with Crippen LogP contribution >= 0.6 is 0 Å². The van der Waals surface area contributed by atoms with Gasteiger partial charge in [-0.25, -0.2) is 13.8 Å². The molecule has 0 spiro atoms. The monoisotopic (exact) mass is 275 g/mol. The molecule has 0 aliphatic carbocycles. The van der Waals surface area contributed by atoms with Gasteiger partial charge in [-0.15, -0.1) is 0 Å². The average molecular weight is 275 g/mol. The van der Waals surface area contributed by atoms with E-state index in [0.29, 0.717) is 22.5 Å². The van der Waals surface area contributed by atoms with E-state index in [1.807, 2.05) is 7.05 Å². The predicted octanol–water partition coefficient (Wildman–Crippen LogP) is 2.34. The second kappa shape index (κ2) is 4.44. The Bertz CT molecular complexity index is 755. The van der Waals surface area contributed by atoms with Crippen LogP contribution in [0.15, 0.2) is 30.7 Å². The molecule has 7 heteroatoms. The number of H-pyrrole nitrogens is 1. The number of hydrogen-bond donors (Lipinski definition) is 2. The predicted molar refractivity (Wildman–Crippen MR) is 70.6 cm³/mol. The number of hydrogen-bond acceptors (Lipinski definition) is 3. The van der Waals surface area contributed by atoms with Gasteiger partial charge in [0.25, 0.3) is 0 Å². The molecule has 0 amide bonds. The fourth-order valence-electron chi connectivity index (χ4n) is 2.07. The first-order chi connectivity index (χ1) is 9.54. The summed E-state index contributed by atoms with van der Waals surface area (Å²) in [6.45, 7) is 0. The largest absolute Gasteiger partial charge is 0.382 e. The minimum Gasteiger partial charge on any atom is -0.382 e. The first-order valence-corrected chi connectivity index (χ1v) is 5.83. The standard InChI is InChI=1S/C13H11F2N5/c1-20-5-10(17-6-20)12-11(13(16)19-18-12)7-2-8(14)4-9(15)3-7/h2-6H,1H3,(H3,16,18,19). The number of benzene rings is 1. The van der Waals surface area contributed by atoms with Crippen LogP contribution in [0.5, 0.6) is 0 Å². The summed E-state index contributed by atoms with van der Waals surface area (Å²) >= 11 is 0. The second-order valence-electron chi connectivity index (χ2n) is 4.44. The summed E-state index contributed by atoms with van der Waals surface area (Å²) in [7, 11) is 1.82. The van der Waals surface area contributed by atoms with Crippen LogP contribution in [0.4, 0.5) is 14.6 Å². The van der Waals surface area contributed by atoms with E-state index in [4.69, 9.17) is 5.73 Å². The molecule has 0 saturated carbocycles. The van der Waals surface area contributed by atoms with Gasteiger partial charge in [-0.05, 0) is 17.7 Å². The van der Waals surface area contributed by atoms with Crippen molar-refractivity contribution in [2.24, 2.45) is 7.05 Å². The van der Waals surface area contributed by atoms with Crippen LogP contribution < -0.4 is 5.73 Å². The zero-order chi connectivity index (χ0) is 14.3. The number of nitrogen functional groups attached to an aromatic ring is 1. The highest BCUT2D eigenvalue weighted by Gasteiger charge is 2.17. The van der Waals surface area contributed by atoms with Crippen molar-refractivity contribution in [3.63, 3.8) is 0 Å². The topological polar surface area (TPSA) is 72.5 Å². The van der Waals surface area contributed by atoms with Crippen LogP contribution in [0.2, 0.25) is 0 Å². The Morgan fingerprint density at radius 2 is 1.90 bits per heavy atom. The van der Waals surface area contributed by atoms with E-state index in [1.165, 1.54) is 12.1 Å². The third-order valence-corrected chi connectivity index (χ3v) is 2.91. The number of anilines is 1. The summed E-state index contributed by atoms with van der Waals surface area (Å²) in [5.74, 6) is -1.18. The van der Waals surface area contributed by atoms with E-state index >= 15 is 0 Å². The molecular formula is C13H11F2N5. The first kappa shape index (κ1) is 12.3. The van der Waals surface area contributed by atoms with Crippen molar-refractivity contribution < 1.29 is 8.78 Å². The van der Waals surface area contributed by atoms with Crippen molar-refractivity contribution in [3.05, 3.63) is 42.4 Å². The molecule has 0 aliphatic rings. The minimum atomic E-state index is -0.674. The lowest BCUT2D eigenvalue weighted by atomic mass is 10.0. The molecule has 0 aliphatic heterocycles. The van der Waals surface area contributed by atoms with Crippen LogP contribution in [-0.4, -0.2) is 19.7 Å². The minimum absolute atomic E-state index is 0.163. The molecule has 5 nitrogen and oxygen atoms in total. The van der Waals surface area contributed by atoms with Gasteiger partial charge in [0.1, 0.15) is 17.3 Å². The number of aromatic nitrogens is 4. The number of halogens is 2. The highest BCUT2D eigenvalue weighted by molar-refractivity contribution is 5.86. The van der Waals surface area contributed by atoms with Gasteiger partial charge in [-0.1, -0.05) is 0 Å². The highest BCUT2D eigenvalue weighted by atomic mass is 19.1. The maximum atomic E-state index is 13.4. The Hall–Kier alpha value is -2.70. The molecule has 102 valence electrons. The van der Waals surface area contributed by atoms with Gasteiger partial charge in [0, 0.05) is 19.3 Å². The molecule has 3 N–H and O–H groups in total. The lowest BCUT2D eigenvalue weighted by Crippen LogP contribution is -1.91. The molecule has 0 saturated heterocycles. The van der Waals surface area contributed by atoms with E-state index in [9.17, 15) is 8.78 Å². The van der Waals surface area contributed by atoms with Crippen molar-refractivity contribution >= 4 is 5.82 Å². The summed E-state index contributed by atoms with van der Waals surface area (Å²) in [6, 6.07) is 3.22. The molecule has 3 aromatic rings. The van der Waals surface area contributed by atoms with Crippen LogP contribution in [0, 0.1) is 11.6 Å². The smallest absolute Gasteiger partial charge is 0.153 e. The van der Waals surface area contributed by atoms with Crippen molar-refractivity contribution in [1.82, 2.24) is 19.7 Å². The first-order valence-electron chi connectivity index (χ1n) is 5.83. The number of nitrogens with one attached hydrogen (secondary N) is 1. The number of nitrogens with two attached hydrogens (primary N) is 1. The number of aromatic amines is 1. The highest BCUT2D eigenvalue weighted by Crippen LogP contribution is 2.34. The summed E-state index contributed by atoms with van der Waals surface area (Å²) in [5, 5.41) is 6.64. The van der Waals surface area contributed by atoms with Gasteiger partial charge in [-0.3, -0.25) is 5.10 Å². The summed E-state index contributed by atoms with van der Waals surface area (Å²) < 4.78 is 28.5. The third kappa shape index (κ3) is 2.03. The van der Waals surface area contributed by atoms with Crippen LogP contribution in [0.25, 0.3) is 22.5 Å². The van der Waals surface area contributed by atoms with Crippen molar-refractivity contribution in [2.45, 2.75) is 0 Å². The molecule has 0 atom stereocenters. The Labute approximate surface area is 113 Å². The molecular weight excluding hydrogens is 264 g/mol. The van der Waals surface area contributed by atoms with E-state index in [2.05, 4.69) is 15.2 Å². The van der Waals surface area contributed by atoms with Crippen molar-refractivity contribution in [2.75, 3.05) is 5.73 Å². The second-order valence-corrected chi connectivity index (χ2v) is 4.44. The SMILES string of the molecule is Cn1cnc(-c2[nH]nc(N)c2-c2cc(F)cc(F)c2)c1. The number of rotatable bonds is 2. The molecule has 1 aromatic carbocycles. The van der Waals surface area contributed by atoms with E-state index < -0.39 is 11.6 Å². The Balaban J connectivity index is 2.21. The van der Waals surface area contributed by atoms with E-state index in [-0.39, 0.29) is 5.82 Å². The zero-order valence-electron chi connectivity index (χ0n) is 10.6. The summed E-state index contributed by atoms with van der Waals surface area (Å²) in [5.41, 5.74) is 7.66. The lowest BCUT2D eigenvalue weighted by Gasteiger charge is -2.03. The molecule has 0 fully saturated rings. The molecule has 0 bridgehead atoms. The van der Waals surface area contributed by atoms with Gasteiger partial charge in [0.2, 0.25) is 0 Å². The van der Waals surface area contributed by atoms with Crippen molar-refractivity contribution in [1.29, 1.82) is 0 Å². The fraction of sp³-hybridized carbons (Fsp3) is 0.0769. The van der Waals surface area contributed by atoms with Gasteiger partial charge >= 0.3 is 0 Å². The zero-order valence-corrected chi connectivity index (χ0v) is 10.6. The van der Waals surface area contributed by atoms with E-state index in [1.54, 1.807) is 17.1 Å². The van der Waals surface area contributed by atoms with Crippen LogP contribution in [0.3, 0.4) is 0 Å².